The molecule has 1 aromatic carbocycles. The van der Waals surface area contributed by atoms with E-state index >= 15 is 0 Å². The van der Waals surface area contributed by atoms with Gasteiger partial charge in [0.15, 0.2) is 0 Å². The summed E-state index contributed by atoms with van der Waals surface area (Å²) in [6.07, 6.45) is 0.510. The van der Waals surface area contributed by atoms with Crippen LogP contribution in [0, 0.1) is 5.92 Å². The van der Waals surface area contributed by atoms with Crippen molar-refractivity contribution in [2.45, 2.75) is 31.2 Å². The third kappa shape index (κ3) is 4.76. The highest BCUT2D eigenvalue weighted by atomic mass is 35.5. The smallest absolute Gasteiger partial charge is 0.325 e. The second kappa shape index (κ2) is 8.91. The maximum atomic E-state index is 12.7. The number of urea groups is 1. The second-order valence-corrected chi connectivity index (χ2v) is 10.2. The number of rotatable bonds is 6. The molecule has 1 aromatic rings. The number of carbonyl (C=O) groups excluding carboxylic acids is 3. The van der Waals surface area contributed by atoms with E-state index in [-0.39, 0.29) is 49.4 Å². The lowest BCUT2D eigenvalue weighted by atomic mass is 10.0. The van der Waals surface area contributed by atoms with Gasteiger partial charge in [-0.15, -0.1) is 0 Å². The van der Waals surface area contributed by atoms with Crippen molar-refractivity contribution >= 4 is 39.5 Å². The molecule has 11 heteroatoms. The molecule has 2 aliphatic heterocycles. The van der Waals surface area contributed by atoms with E-state index in [4.69, 9.17) is 11.6 Å². The van der Waals surface area contributed by atoms with Crippen LogP contribution >= 0.6 is 11.6 Å². The zero-order valence-electron chi connectivity index (χ0n) is 16.9. The van der Waals surface area contributed by atoms with Crippen LogP contribution in [0.3, 0.4) is 0 Å². The van der Waals surface area contributed by atoms with Crippen molar-refractivity contribution in [3.8, 4) is 0 Å². The predicted octanol–water partition coefficient (Wildman–Crippen LogP) is 1.14. The molecule has 164 valence electrons. The normalized spacial score (nSPS) is 20.7. The number of nitrogens with zero attached hydrogens (tertiary/aromatic N) is 3. The topological polar surface area (TPSA) is 107 Å². The Kier molecular flexibility index (Phi) is 6.68. The maximum Gasteiger partial charge on any atom is 0.325 e. The van der Waals surface area contributed by atoms with Crippen LogP contribution in [0.25, 0.3) is 0 Å². The highest BCUT2D eigenvalue weighted by Gasteiger charge is 2.40. The monoisotopic (exact) mass is 456 g/mol. The Balaban J connectivity index is 1.57. The van der Waals surface area contributed by atoms with Gasteiger partial charge in [0.1, 0.15) is 12.6 Å². The summed E-state index contributed by atoms with van der Waals surface area (Å²) in [5, 5.41) is 3.06. The molecule has 2 fully saturated rings. The van der Waals surface area contributed by atoms with E-state index in [9.17, 15) is 22.8 Å². The number of carbonyl (C=O) groups is 3. The zero-order valence-corrected chi connectivity index (χ0v) is 18.4. The molecule has 0 saturated carbocycles. The van der Waals surface area contributed by atoms with Crippen LogP contribution in [0.4, 0.5) is 4.79 Å². The first kappa shape index (κ1) is 22.5. The van der Waals surface area contributed by atoms with E-state index in [1.54, 1.807) is 0 Å². The van der Waals surface area contributed by atoms with Crippen molar-refractivity contribution in [2.24, 2.45) is 5.92 Å². The Morgan fingerprint density at radius 1 is 1.13 bits per heavy atom. The Morgan fingerprint density at radius 3 is 2.30 bits per heavy atom. The van der Waals surface area contributed by atoms with Gasteiger partial charge < -0.3 is 10.2 Å². The molecule has 2 heterocycles. The third-order valence-electron chi connectivity index (χ3n) is 5.15. The molecule has 0 bridgehead atoms. The number of benzene rings is 1. The number of hydrogen-bond donors (Lipinski definition) is 1. The minimum Gasteiger partial charge on any atom is -0.338 e. The number of amides is 4. The molecular weight excluding hydrogens is 432 g/mol. The SMILES string of the molecule is CC(C)C[C@H]1NC(=O)N(CC(=O)N2CCN(S(=O)(=O)c3ccc(Cl)cc3)CC2)C1=O. The summed E-state index contributed by atoms with van der Waals surface area (Å²) < 4.78 is 26.8. The fourth-order valence-electron chi connectivity index (χ4n) is 3.53. The minimum atomic E-state index is -3.68. The first-order valence-electron chi connectivity index (χ1n) is 9.75. The first-order valence-corrected chi connectivity index (χ1v) is 11.6. The predicted molar refractivity (Wildman–Crippen MR) is 110 cm³/mol. The van der Waals surface area contributed by atoms with Crippen LogP contribution in [-0.4, -0.2) is 79.1 Å². The van der Waals surface area contributed by atoms with E-state index in [2.05, 4.69) is 5.32 Å². The largest absolute Gasteiger partial charge is 0.338 e. The molecule has 9 nitrogen and oxygen atoms in total. The maximum absolute atomic E-state index is 12.7. The molecule has 0 aliphatic carbocycles. The summed E-state index contributed by atoms with van der Waals surface area (Å²) in [5.41, 5.74) is 0. The van der Waals surface area contributed by atoms with Gasteiger partial charge in [0.05, 0.1) is 4.90 Å². The van der Waals surface area contributed by atoms with Crippen molar-refractivity contribution in [1.82, 2.24) is 19.4 Å². The lowest BCUT2D eigenvalue weighted by Gasteiger charge is -2.34. The number of imide groups is 1. The van der Waals surface area contributed by atoms with E-state index in [1.165, 1.54) is 33.5 Å². The first-order chi connectivity index (χ1) is 14.1. The van der Waals surface area contributed by atoms with E-state index in [0.717, 1.165) is 4.90 Å². The molecule has 0 radical (unpaired) electrons. The average Bonchev–Trinajstić information content (AvgIpc) is 2.95. The highest BCUT2D eigenvalue weighted by Crippen LogP contribution is 2.20. The van der Waals surface area contributed by atoms with Gasteiger partial charge >= 0.3 is 6.03 Å². The van der Waals surface area contributed by atoms with Crippen LogP contribution in [0.5, 0.6) is 0 Å². The zero-order chi connectivity index (χ0) is 22.1. The number of nitrogens with one attached hydrogen (secondary N) is 1. The van der Waals surface area contributed by atoms with Crippen LogP contribution in [0.1, 0.15) is 20.3 Å². The van der Waals surface area contributed by atoms with Crippen molar-refractivity contribution in [3.63, 3.8) is 0 Å². The van der Waals surface area contributed by atoms with Gasteiger partial charge in [0, 0.05) is 31.2 Å². The Hall–Kier alpha value is -2.17. The van der Waals surface area contributed by atoms with Crippen LogP contribution in [-0.2, 0) is 19.6 Å². The second-order valence-electron chi connectivity index (χ2n) is 7.79. The fraction of sp³-hybridized carbons (Fsp3) is 0.526. The molecule has 0 unspecified atom stereocenters. The minimum absolute atomic E-state index is 0.132. The lowest BCUT2D eigenvalue weighted by molar-refractivity contribution is -0.138. The number of sulfonamides is 1. The molecule has 1 N–H and O–H groups in total. The van der Waals surface area contributed by atoms with Crippen molar-refractivity contribution in [2.75, 3.05) is 32.7 Å². The van der Waals surface area contributed by atoms with E-state index in [0.29, 0.717) is 11.4 Å². The summed E-state index contributed by atoms with van der Waals surface area (Å²) >= 11 is 5.82. The molecular formula is C19H25ClN4O5S. The Morgan fingerprint density at radius 2 is 1.73 bits per heavy atom. The van der Waals surface area contributed by atoms with Gasteiger partial charge in [-0.1, -0.05) is 25.4 Å². The van der Waals surface area contributed by atoms with Gasteiger partial charge in [-0.2, -0.15) is 4.31 Å². The summed E-state index contributed by atoms with van der Waals surface area (Å²) in [7, 11) is -3.68. The van der Waals surface area contributed by atoms with Crippen LogP contribution in [0.2, 0.25) is 5.02 Å². The molecule has 1 atom stereocenters. The number of hydrogen-bond acceptors (Lipinski definition) is 5. The molecule has 2 saturated heterocycles. The van der Waals surface area contributed by atoms with Gasteiger partial charge in [-0.05, 0) is 36.6 Å². The molecule has 0 aromatic heterocycles. The van der Waals surface area contributed by atoms with Gasteiger partial charge in [-0.3, -0.25) is 14.5 Å². The Labute approximate surface area is 181 Å². The summed E-state index contributed by atoms with van der Waals surface area (Å²) in [4.78, 5) is 39.7. The van der Waals surface area contributed by atoms with E-state index < -0.39 is 28.0 Å². The van der Waals surface area contributed by atoms with Gasteiger partial charge in [0.25, 0.3) is 5.91 Å². The van der Waals surface area contributed by atoms with Crippen molar-refractivity contribution < 1.29 is 22.8 Å². The number of piperazine rings is 1. The molecule has 2 aliphatic rings. The fourth-order valence-corrected chi connectivity index (χ4v) is 5.07. The molecule has 0 spiro atoms. The van der Waals surface area contributed by atoms with Crippen LogP contribution < -0.4 is 5.32 Å². The van der Waals surface area contributed by atoms with Gasteiger partial charge in [-0.25, -0.2) is 13.2 Å². The summed E-state index contributed by atoms with van der Waals surface area (Å²) in [5.74, 6) is -0.552. The molecule has 4 amide bonds. The van der Waals surface area contributed by atoms with E-state index in [1.807, 2.05) is 13.8 Å². The average molecular weight is 457 g/mol. The standard InChI is InChI=1S/C19H25ClN4O5S/c1-13(2)11-16-18(26)24(19(27)21-16)12-17(25)22-7-9-23(10-8-22)30(28,29)15-5-3-14(20)4-6-15/h3-6,13,16H,7-12H2,1-2H3,(H,21,27)/t16-/m1/s1. The van der Waals surface area contributed by atoms with Crippen molar-refractivity contribution in [1.29, 1.82) is 0 Å². The highest BCUT2D eigenvalue weighted by molar-refractivity contribution is 7.89. The van der Waals surface area contributed by atoms with Gasteiger partial charge in [0.2, 0.25) is 15.9 Å². The van der Waals surface area contributed by atoms with Crippen molar-refractivity contribution in [3.05, 3.63) is 29.3 Å². The molecule has 3 rings (SSSR count). The summed E-state index contributed by atoms with van der Waals surface area (Å²) in [6.45, 7) is 4.19. The van der Waals surface area contributed by atoms with Crippen LogP contribution in [0.15, 0.2) is 29.2 Å². The third-order valence-corrected chi connectivity index (χ3v) is 7.32. The summed E-state index contributed by atoms with van der Waals surface area (Å²) in [6, 6.07) is 4.74. The number of halogens is 1. The lowest BCUT2D eigenvalue weighted by Crippen LogP contribution is -2.53. The quantitative estimate of drug-likeness (QED) is 0.646. The Bertz CT molecular complexity index is 927. The molecule has 30 heavy (non-hydrogen) atoms.